The first kappa shape index (κ1) is 15.5. The van der Waals surface area contributed by atoms with Crippen LogP contribution in [0.1, 0.15) is 28.2 Å². The lowest BCUT2D eigenvalue weighted by atomic mass is 10.1. The second kappa shape index (κ2) is 5.87. The highest BCUT2D eigenvalue weighted by Crippen LogP contribution is 2.21. The van der Waals surface area contributed by atoms with Crippen molar-refractivity contribution in [3.05, 3.63) is 46.2 Å². The number of carbonyl (C=O) groups excluding carboxylic acids is 1. The number of amides is 1. The predicted molar refractivity (Wildman–Crippen MR) is 84.2 cm³/mol. The Hall–Kier alpha value is -1.86. The molecule has 0 saturated heterocycles. The Morgan fingerprint density at radius 2 is 1.86 bits per heavy atom. The van der Waals surface area contributed by atoms with Crippen LogP contribution in [0.25, 0.3) is 0 Å². The van der Waals surface area contributed by atoms with Gasteiger partial charge >= 0.3 is 0 Å². The first-order chi connectivity index (χ1) is 9.79. The van der Waals surface area contributed by atoms with Crippen LogP contribution in [-0.4, -0.2) is 20.6 Å². The van der Waals surface area contributed by atoms with Crippen molar-refractivity contribution >= 4 is 32.8 Å². The number of carbonyl (C=O) groups is 1. The summed E-state index contributed by atoms with van der Waals surface area (Å²) >= 11 is 1.28. The van der Waals surface area contributed by atoms with E-state index in [0.29, 0.717) is 10.6 Å². The summed E-state index contributed by atoms with van der Waals surface area (Å²) in [5.41, 5.74) is 6.99. The number of nitrogens with one attached hydrogen (secondary N) is 1. The van der Waals surface area contributed by atoms with Crippen molar-refractivity contribution in [3.8, 4) is 0 Å². The SMILES string of the molecule is CC(NC(=O)c1sccc1N)c1ccc(S(C)(=O)=O)cc1. The molecule has 0 bridgehead atoms. The highest BCUT2D eigenvalue weighted by atomic mass is 32.2. The maximum atomic E-state index is 12.1. The average Bonchev–Trinajstić information content (AvgIpc) is 2.84. The fraction of sp³-hybridized carbons (Fsp3) is 0.214. The molecule has 112 valence electrons. The Morgan fingerprint density at radius 1 is 1.24 bits per heavy atom. The lowest BCUT2D eigenvalue weighted by molar-refractivity contribution is 0.0945. The van der Waals surface area contributed by atoms with Gasteiger partial charge in [-0.3, -0.25) is 4.79 Å². The number of hydrogen-bond acceptors (Lipinski definition) is 5. The number of benzene rings is 1. The van der Waals surface area contributed by atoms with Gasteiger partial charge in [-0.15, -0.1) is 11.3 Å². The Labute approximate surface area is 127 Å². The van der Waals surface area contributed by atoms with Crippen molar-refractivity contribution in [1.82, 2.24) is 5.32 Å². The zero-order valence-electron chi connectivity index (χ0n) is 11.7. The summed E-state index contributed by atoms with van der Waals surface area (Å²) < 4.78 is 22.8. The van der Waals surface area contributed by atoms with Gasteiger partial charge in [0.05, 0.1) is 16.6 Å². The van der Waals surface area contributed by atoms with Crippen LogP contribution in [0.2, 0.25) is 0 Å². The normalized spacial score (nSPS) is 12.9. The van der Waals surface area contributed by atoms with Crippen molar-refractivity contribution < 1.29 is 13.2 Å². The van der Waals surface area contributed by atoms with Crippen LogP contribution in [0.15, 0.2) is 40.6 Å². The average molecular weight is 324 g/mol. The fourth-order valence-electron chi connectivity index (χ4n) is 1.85. The van der Waals surface area contributed by atoms with E-state index in [-0.39, 0.29) is 16.8 Å². The fourth-order valence-corrected chi connectivity index (χ4v) is 3.20. The molecule has 0 aliphatic carbocycles. The zero-order valence-corrected chi connectivity index (χ0v) is 13.3. The third-order valence-electron chi connectivity index (χ3n) is 3.06. The first-order valence-corrected chi connectivity index (χ1v) is 9.00. The molecule has 0 fully saturated rings. The van der Waals surface area contributed by atoms with Crippen LogP contribution in [0.5, 0.6) is 0 Å². The second-order valence-corrected chi connectivity index (χ2v) is 7.67. The lowest BCUT2D eigenvalue weighted by Crippen LogP contribution is -2.26. The van der Waals surface area contributed by atoms with Gasteiger partial charge in [-0.1, -0.05) is 12.1 Å². The number of thiophene rings is 1. The number of nitrogen functional groups attached to an aromatic ring is 1. The summed E-state index contributed by atoms with van der Waals surface area (Å²) in [6.45, 7) is 1.83. The molecule has 1 amide bonds. The van der Waals surface area contributed by atoms with E-state index in [2.05, 4.69) is 5.32 Å². The Kier molecular flexibility index (Phi) is 4.34. The van der Waals surface area contributed by atoms with E-state index in [1.165, 1.54) is 23.5 Å². The molecule has 1 atom stereocenters. The van der Waals surface area contributed by atoms with Gasteiger partial charge in [0, 0.05) is 6.26 Å². The predicted octanol–water partition coefficient (Wildman–Crippen LogP) is 2.22. The standard InChI is InChI=1S/C14H16N2O3S2/c1-9(16-14(17)13-12(15)7-8-20-13)10-3-5-11(6-4-10)21(2,18)19/h3-9H,15H2,1-2H3,(H,16,17). The molecular weight excluding hydrogens is 308 g/mol. The molecule has 1 unspecified atom stereocenters. The molecule has 0 radical (unpaired) electrons. The van der Waals surface area contributed by atoms with Gasteiger partial charge in [0.2, 0.25) is 0 Å². The third-order valence-corrected chi connectivity index (χ3v) is 5.12. The summed E-state index contributed by atoms with van der Waals surface area (Å²) in [5, 5.41) is 4.60. The van der Waals surface area contributed by atoms with Crippen molar-refractivity contribution in [2.75, 3.05) is 12.0 Å². The summed E-state index contributed by atoms with van der Waals surface area (Å²) in [6.07, 6.45) is 1.16. The van der Waals surface area contributed by atoms with E-state index in [9.17, 15) is 13.2 Å². The highest BCUT2D eigenvalue weighted by Gasteiger charge is 2.15. The summed E-state index contributed by atoms with van der Waals surface area (Å²) in [5.74, 6) is -0.234. The van der Waals surface area contributed by atoms with E-state index >= 15 is 0 Å². The Balaban J connectivity index is 2.12. The largest absolute Gasteiger partial charge is 0.397 e. The Bertz CT molecular complexity index is 749. The summed E-state index contributed by atoms with van der Waals surface area (Å²) in [7, 11) is -3.21. The van der Waals surface area contributed by atoms with Gasteiger partial charge in [0.1, 0.15) is 4.88 Å². The molecule has 3 N–H and O–H groups in total. The van der Waals surface area contributed by atoms with Crippen molar-refractivity contribution in [3.63, 3.8) is 0 Å². The van der Waals surface area contributed by atoms with Crippen LogP contribution >= 0.6 is 11.3 Å². The molecule has 5 nitrogen and oxygen atoms in total. The van der Waals surface area contributed by atoms with Gasteiger partial charge < -0.3 is 11.1 Å². The van der Waals surface area contributed by atoms with E-state index in [0.717, 1.165) is 11.8 Å². The van der Waals surface area contributed by atoms with Crippen LogP contribution in [-0.2, 0) is 9.84 Å². The Morgan fingerprint density at radius 3 is 2.33 bits per heavy atom. The smallest absolute Gasteiger partial charge is 0.263 e. The summed E-state index contributed by atoms with van der Waals surface area (Å²) in [4.78, 5) is 12.8. The number of anilines is 1. The summed E-state index contributed by atoms with van der Waals surface area (Å²) in [6, 6.07) is 7.90. The van der Waals surface area contributed by atoms with Gasteiger partial charge in [-0.2, -0.15) is 0 Å². The van der Waals surface area contributed by atoms with Crippen LogP contribution in [0.4, 0.5) is 5.69 Å². The minimum absolute atomic E-state index is 0.234. The van der Waals surface area contributed by atoms with Crippen molar-refractivity contribution in [2.24, 2.45) is 0 Å². The molecule has 1 heterocycles. The molecule has 21 heavy (non-hydrogen) atoms. The van der Waals surface area contributed by atoms with Gasteiger partial charge in [0.15, 0.2) is 9.84 Å². The zero-order chi connectivity index (χ0) is 15.6. The number of rotatable bonds is 4. The van der Waals surface area contributed by atoms with E-state index < -0.39 is 9.84 Å². The van der Waals surface area contributed by atoms with Gasteiger partial charge in [-0.05, 0) is 36.1 Å². The van der Waals surface area contributed by atoms with Crippen molar-refractivity contribution in [1.29, 1.82) is 0 Å². The van der Waals surface area contributed by atoms with Crippen LogP contribution in [0, 0.1) is 0 Å². The molecule has 1 aromatic heterocycles. The maximum absolute atomic E-state index is 12.1. The molecule has 2 rings (SSSR count). The first-order valence-electron chi connectivity index (χ1n) is 6.23. The van der Waals surface area contributed by atoms with Crippen LogP contribution in [0.3, 0.4) is 0 Å². The molecule has 0 aliphatic rings. The molecular formula is C14H16N2O3S2. The van der Waals surface area contributed by atoms with E-state index in [1.54, 1.807) is 23.6 Å². The van der Waals surface area contributed by atoms with Crippen LogP contribution < -0.4 is 11.1 Å². The molecule has 1 aromatic carbocycles. The topological polar surface area (TPSA) is 89.3 Å². The van der Waals surface area contributed by atoms with Gasteiger partial charge in [-0.25, -0.2) is 8.42 Å². The highest BCUT2D eigenvalue weighted by molar-refractivity contribution is 7.90. The quantitative estimate of drug-likeness (QED) is 0.902. The van der Waals surface area contributed by atoms with E-state index in [1.807, 2.05) is 6.92 Å². The number of hydrogen-bond donors (Lipinski definition) is 2. The second-order valence-electron chi connectivity index (χ2n) is 4.74. The molecule has 0 aliphatic heterocycles. The minimum Gasteiger partial charge on any atom is -0.397 e. The molecule has 0 saturated carbocycles. The number of nitrogens with two attached hydrogens (primary N) is 1. The minimum atomic E-state index is -3.21. The number of sulfone groups is 1. The monoisotopic (exact) mass is 324 g/mol. The molecule has 0 spiro atoms. The molecule has 2 aromatic rings. The van der Waals surface area contributed by atoms with Crippen molar-refractivity contribution in [2.45, 2.75) is 17.9 Å². The van der Waals surface area contributed by atoms with E-state index in [4.69, 9.17) is 5.73 Å². The lowest BCUT2D eigenvalue weighted by Gasteiger charge is -2.14. The third kappa shape index (κ3) is 3.62. The maximum Gasteiger partial charge on any atom is 0.263 e. The molecule has 7 heteroatoms. The van der Waals surface area contributed by atoms with Gasteiger partial charge in [0.25, 0.3) is 5.91 Å².